The average molecular weight is 917 g/mol. The van der Waals surface area contributed by atoms with Crippen LogP contribution in [-0.4, -0.2) is 37.2 Å². The molecule has 0 aliphatic rings. The van der Waals surface area contributed by atoms with Gasteiger partial charge in [-0.2, -0.15) is 0 Å². The minimum atomic E-state index is -0.803. The van der Waals surface area contributed by atoms with Gasteiger partial charge in [-0.15, -0.1) is 0 Å². The number of carbonyl (C=O) groups excluding carboxylic acids is 3. The summed E-state index contributed by atoms with van der Waals surface area (Å²) in [7, 11) is 0. The van der Waals surface area contributed by atoms with Crippen LogP contribution >= 0.6 is 0 Å². The summed E-state index contributed by atoms with van der Waals surface area (Å²) in [6, 6.07) is 0. The van der Waals surface area contributed by atoms with Crippen molar-refractivity contribution in [2.45, 2.75) is 252 Å². The van der Waals surface area contributed by atoms with Crippen LogP contribution in [0.3, 0.4) is 0 Å². The van der Waals surface area contributed by atoms with E-state index in [1.54, 1.807) is 0 Å². The van der Waals surface area contributed by atoms with Crippen molar-refractivity contribution in [1.82, 2.24) is 0 Å². The van der Waals surface area contributed by atoms with Crippen molar-refractivity contribution in [3.8, 4) is 0 Å². The monoisotopic (exact) mass is 917 g/mol. The Morgan fingerprint density at radius 2 is 0.591 bits per heavy atom. The minimum Gasteiger partial charge on any atom is -0.462 e. The summed E-state index contributed by atoms with van der Waals surface area (Å²) in [4.78, 5) is 38.1. The molecule has 0 aromatic rings. The average Bonchev–Trinajstić information content (AvgIpc) is 3.31. The summed E-state index contributed by atoms with van der Waals surface area (Å²) in [6.07, 6.45) is 71.1. The Morgan fingerprint density at radius 3 is 0.955 bits per heavy atom. The van der Waals surface area contributed by atoms with Gasteiger partial charge in [0.05, 0.1) is 0 Å². The van der Waals surface area contributed by atoms with E-state index in [0.29, 0.717) is 12.8 Å². The van der Waals surface area contributed by atoms with Gasteiger partial charge in [-0.1, -0.05) is 208 Å². The van der Waals surface area contributed by atoms with Crippen LogP contribution < -0.4 is 0 Å². The van der Waals surface area contributed by atoms with Crippen LogP contribution in [0.5, 0.6) is 0 Å². The maximum atomic E-state index is 12.8. The molecule has 0 aliphatic heterocycles. The van der Waals surface area contributed by atoms with Gasteiger partial charge in [0.15, 0.2) is 6.10 Å². The number of allylic oxidation sites excluding steroid dienone is 16. The van der Waals surface area contributed by atoms with Crippen molar-refractivity contribution in [1.29, 1.82) is 0 Å². The summed E-state index contributed by atoms with van der Waals surface area (Å²) < 4.78 is 16.8. The summed E-state index contributed by atoms with van der Waals surface area (Å²) in [5.74, 6) is -0.952. The van der Waals surface area contributed by atoms with E-state index in [2.05, 4.69) is 118 Å². The second kappa shape index (κ2) is 53.9. The van der Waals surface area contributed by atoms with Gasteiger partial charge < -0.3 is 14.2 Å². The van der Waals surface area contributed by atoms with Gasteiger partial charge in [0.1, 0.15) is 13.2 Å². The van der Waals surface area contributed by atoms with Gasteiger partial charge in [-0.3, -0.25) is 14.4 Å². The molecule has 376 valence electrons. The van der Waals surface area contributed by atoms with Crippen molar-refractivity contribution in [3.63, 3.8) is 0 Å². The topological polar surface area (TPSA) is 78.9 Å². The molecule has 0 aliphatic carbocycles. The maximum absolute atomic E-state index is 12.8. The first kappa shape index (κ1) is 62.3. The number of unbranched alkanes of at least 4 members (excludes halogenated alkanes) is 21. The molecule has 0 saturated carbocycles. The van der Waals surface area contributed by atoms with Crippen molar-refractivity contribution >= 4 is 17.9 Å². The zero-order valence-corrected chi connectivity index (χ0v) is 42.9. The van der Waals surface area contributed by atoms with E-state index in [0.717, 1.165) is 122 Å². The molecule has 0 fully saturated rings. The van der Waals surface area contributed by atoms with Crippen LogP contribution in [0.25, 0.3) is 0 Å². The fraction of sp³-hybridized carbons (Fsp3) is 0.683. The minimum absolute atomic E-state index is 0.0987. The van der Waals surface area contributed by atoms with E-state index in [1.165, 1.54) is 83.5 Å². The van der Waals surface area contributed by atoms with Crippen molar-refractivity contribution < 1.29 is 28.6 Å². The molecule has 0 rings (SSSR count). The lowest BCUT2D eigenvalue weighted by Crippen LogP contribution is -2.30. The first-order valence-electron chi connectivity index (χ1n) is 27.2. The zero-order valence-electron chi connectivity index (χ0n) is 42.9. The molecule has 0 radical (unpaired) electrons. The number of rotatable bonds is 48. The first-order valence-corrected chi connectivity index (χ1v) is 27.2. The number of esters is 3. The van der Waals surface area contributed by atoms with Gasteiger partial charge in [-0.25, -0.2) is 0 Å². The summed E-state index contributed by atoms with van der Waals surface area (Å²) in [6.45, 7) is 6.36. The van der Waals surface area contributed by atoms with Crippen LogP contribution in [0.1, 0.15) is 245 Å². The normalized spacial score (nSPS) is 12.8. The molecule has 6 nitrogen and oxygen atoms in total. The van der Waals surface area contributed by atoms with Crippen molar-refractivity contribution in [3.05, 3.63) is 97.2 Å². The standard InChI is InChI=1S/C60H100O6/c1-4-7-10-13-16-19-22-25-27-29-30-31-33-35-38-41-44-47-50-53-59(62)65-56-57(55-64-58(61)52-49-46-43-40-37-34-24-21-18-15-12-9-6-3)66-60(63)54-51-48-45-42-39-36-32-28-26-23-20-17-14-11-8-5-2/h7-8,10-11,16-17,19-20,25-28,34,36-37,39,57H,4-6,9,12-15,18,21-24,29-33,35,38,40-56H2,1-3H3/b10-7-,11-8-,19-16-,20-17-,27-25-,28-26-,37-34-,39-36-. The number of carbonyl (C=O) groups is 3. The molecule has 6 heteroatoms. The van der Waals surface area contributed by atoms with E-state index >= 15 is 0 Å². The number of ether oxygens (including phenoxy) is 3. The van der Waals surface area contributed by atoms with Gasteiger partial charge in [0.2, 0.25) is 0 Å². The van der Waals surface area contributed by atoms with E-state index in [9.17, 15) is 14.4 Å². The second-order valence-corrected chi connectivity index (χ2v) is 17.7. The smallest absolute Gasteiger partial charge is 0.306 e. The third kappa shape index (κ3) is 51.3. The Labute approximate surface area is 407 Å². The van der Waals surface area contributed by atoms with Crippen LogP contribution in [0, 0.1) is 0 Å². The Morgan fingerprint density at radius 1 is 0.318 bits per heavy atom. The Bertz CT molecular complexity index is 1330. The molecular weight excluding hydrogens is 817 g/mol. The van der Waals surface area contributed by atoms with Gasteiger partial charge in [-0.05, 0) is 116 Å². The molecule has 0 heterocycles. The molecule has 1 unspecified atom stereocenters. The molecule has 1 atom stereocenters. The third-order valence-electron chi connectivity index (χ3n) is 11.3. The van der Waals surface area contributed by atoms with Crippen LogP contribution in [0.2, 0.25) is 0 Å². The Kier molecular flexibility index (Phi) is 50.9. The fourth-order valence-corrected chi connectivity index (χ4v) is 7.27. The molecule has 0 N–H and O–H groups in total. The van der Waals surface area contributed by atoms with Crippen LogP contribution in [-0.2, 0) is 28.6 Å². The molecule has 0 aromatic carbocycles. The number of hydrogen-bond donors (Lipinski definition) is 0. The highest BCUT2D eigenvalue weighted by Crippen LogP contribution is 2.14. The van der Waals surface area contributed by atoms with Crippen molar-refractivity contribution in [2.24, 2.45) is 0 Å². The van der Waals surface area contributed by atoms with Gasteiger partial charge in [0, 0.05) is 19.3 Å². The predicted molar refractivity (Wildman–Crippen MR) is 284 cm³/mol. The van der Waals surface area contributed by atoms with E-state index in [4.69, 9.17) is 14.2 Å². The molecule has 66 heavy (non-hydrogen) atoms. The molecule has 0 bridgehead atoms. The first-order chi connectivity index (χ1) is 32.5. The quantitative estimate of drug-likeness (QED) is 0.0262. The SMILES string of the molecule is CC/C=C\C/C=C\C/C=C\C/C=C\CCCCCC(=O)OC(COC(=O)CCCCC/C=C\CCCCCCCC)COC(=O)CCCCCCCCCCC/C=C\C/C=C\C/C=C\CC. The fourth-order valence-electron chi connectivity index (χ4n) is 7.27. The van der Waals surface area contributed by atoms with E-state index in [1.807, 2.05) is 0 Å². The Balaban J connectivity index is 4.45. The lowest BCUT2D eigenvalue weighted by Gasteiger charge is -2.18. The molecular formula is C60H100O6. The lowest BCUT2D eigenvalue weighted by molar-refractivity contribution is -0.167. The van der Waals surface area contributed by atoms with Crippen molar-refractivity contribution in [2.75, 3.05) is 13.2 Å². The molecule has 0 aromatic heterocycles. The third-order valence-corrected chi connectivity index (χ3v) is 11.3. The Hall–Kier alpha value is -3.67. The van der Waals surface area contributed by atoms with Crippen LogP contribution in [0.15, 0.2) is 97.2 Å². The number of hydrogen-bond acceptors (Lipinski definition) is 6. The van der Waals surface area contributed by atoms with E-state index < -0.39 is 6.10 Å². The highest BCUT2D eigenvalue weighted by atomic mass is 16.6. The molecule has 0 amide bonds. The molecule has 0 spiro atoms. The van der Waals surface area contributed by atoms with Crippen LogP contribution in [0.4, 0.5) is 0 Å². The highest BCUT2D eigenvalue weighted by Gasteiger charge is 2.19. The predicted octanol–water partition coefficient (Wildman–Crippen LogP) is 18.1. The zero-order chi connectivity index (χ0) is 47.9. The summed E-state index contributed by atoms with van der Waals surface area (Å²) in [5.41, 5.74) is 0. The molecule has 0 saturated heterocycles. The summed E-state index contributed by atoms with van der Waals surface area (Å²) >= 11 is 0. The largest absolute Gasteiger partial charge is 0.462 e. The maximum Gasteiger partial charge on any atom is 0.306 e. The summed E-state index contributed by atoms with van der Waals surface area (Å²) in [5, 5.41) is 0. The van der Waals surface area contributed by atoms with Gasteiger partial charge in [0.25, 0.3) is 0 Å². The van der Waals surface area contributed by atoms with E-state index in [-0.39, 0.29) is 37.5 Å². The highest BCUT2D eigenvalue weighted by molar-refractivity contribution is 5.71. The lowest BCUT2D eigenvalue weighted by atomic mass is 10.1. The van der Waals surface area contributed by atoms with Gasteiger partial charge >= 0.3 is 17.9 Å². The second-order valence-electron chi connectivity index (χ2n) is 17.7.